The summed E-state index contributed by atoms with van der Waals surface area (Å²) in [4.78, 5) is 35.3. The van der Waals surface area contributed by atoms with Crippen LogP contribution in [0, 0.1) is 5.92 Å². The van der Waals surface area contributed by atoms with Gasteiger partial charge in [0.25, 0.3) is 0 Å². The number of nitrogens with zero attached hydrogens (tertiary/aromatic N) is 4. The molecule has 2 aromatic rings. The molecule has 146 valence electrons. The SMILES string of the molecule is CCOCC(=O)N1CCC(C(=O)N[C@@H](CC)c2cn3cccnc3n2)CC1. The van der Waals surface area contributed by atoms with Crippen LogP contribution in [0.1, 0.15) is 44.8 Å². The number of rotatable bonds is 7. The van der Waals surface area contributed by atoms with Crippen LogP contribution in [0.5, 0.6) is 0 Å². The second kappa shape index (κ2) is 8.94. The molecule has 0 aliphatic carbocycles. The first-order valence-corrected chi connectivity index (χ1v) is 9.57. The number of hydrogen-bond acceptors (Lipinski definition) is 5. The molecule has 1 aliphatic heterocycles. The maximum atomic E-state index is 12.7. The lowest BCUT2D eigenvalue weighted by Crippen LogP contribution is -2.44. The Balaban J connectivity index is 1.55. The number of carbonyl (C=O) groups excluding carboxylic acids is 2. The van der Waals surface area contributed by atoms with Crippen LogP contribution in [0.3, 0.4) is 0 Å². The maximum Gasteiger partial charge on any atom is 0.248 e. The maximum absolute atomic E-state index is 12.7. The molecule has 8 nitrogen and oxygen atoms in total. The largest absolute Gasteiger partial charge is 0.372 e. The van der Waals surface area contributed by atoms with Gasteiger partial charge in [-0.2, -0.15) is 0 Å². The molecule has 1 N–H and O–H groups in total. The van der Waals surface area contributed by atoms with Crippen LogP contribution in [0.15, 0.2) is 24.7 Å². The highest BCUT2D eigenvalue weighted by Gasteiger charge is 2.29. The van der Waals surface area contributed by atoms with Gasteiger partial charge >= 0.3 is 0 Å². The summed E-state index contributed by atoms with van der Waals surface area (Å²) in [7, 11) is 0. The zero-order valence-corrected chi connectivity index (χ0v) is 15.9. The van der Waals surface area contributed by atoms with Gasteiger partial charge in [-0.25, -0.2) is 9.97 Å². The summed E-state index contributed by atoms with van der Waals surface area (Å²) in [6.07, 6.45) is 7.60. The van der Waals surface area contributed by atoms with Gasteiger partial charge in [-0.3, -0.25) is 14.0 Å². The van der Waals surface area contributed by atoms with Crippen LogP contribution < -0.4 is 5.32 Å². The summed E-state index contributed by atoms with van der Waals surface area (Å²) in [5, 5.41) is 3.12. The van der Waals surface area contributed by atoms with Crippen molar-refractivity contribution in [1.82, 2.24) is 24.6 Å². The van der Waals surface area contributed by atoms with Crippen LogP contribution in [-0.2, 0) is 14.3 Å². The second-order valence-electron chi connectivity index (χ2n) is 6.75. The lowest BCUT2D eigenvalue weighted by atomic mass is 9.95. The molecule has 2 aromatic heterocycles. The van der Waals surface area contributed by atoms with Gasteiger partial charge in [0, 0.05) is 44.2 Å². The van der Waals surface area contributed by atoms with Crippen molar-refractivity contribution in [2.24, 2.45) is 5.92 Å². The van der Waals surface area contributed by atoms with Crippen molar-refractivity contribution in [3.63, 3.8) is 0 Å². The van der Waals surface area contributed by atoms with Crippen molar-refractivity contribution >= 4 is 17.6 Å². The number of carbonyl (C=O) groups is 2. The number of imidazole rings is 1. The van der Waals surface area contributed by atoms with E-state index >= 15 is 0 Å². The molecule has 1 aliphatic rings. The molecule has 1 atom stereocenters. The summed E-state index contributed by atoms with van der Waals surface area (Å²) in [5.41, 5.74) is 0.814. The number of fused-ring (bicyclic) bond motifs is 1. The molecule has 3 rings (SSSR count). The highest BCUT2D eigenvalue weighted by Crippen LogP contribution is 2.21. The van der Waals surface area contributed by atoms with E-state index in [4.69, 9.17) is 4.74 Å². The predicted molar refractivity (Wildman–Crippen MR) is 100.0 cm³/mol. The van der Waals surface area contributed by atoms with Gasteiger partial charge in [0.1, 0.15) is 6.61 Å². The fourth-order valence-corrected chi connectivity index (χ4v) is 3.36. The first kappa shape index (κ1) is 19.3. The average Bonchev–Trinajstić information content (AvgIpc) is 3.14. The zero-order valence-electron chi connectivity index (χ0n) is 15.9. The van der Waals surface area contributed by atoms with Crippen LogP contribution in [0.25, 0.3) is 5.78 Å². The summed E-state index contributed by atoms with van der Waals surface area (Å²) in [6, 6.07) is 1.70. The average molecular weight is 373 g/mol. The number of hydrogen-bond donors (Lipinski definition) is 1. The van der Waals surface area contributed by atoms with Crippen molar-refractivity contribution < 1.29 is 14.3 Å². The van der Waals surface area contributed by atoms with E-state index in [9.17, 15) is 9.59 Å². The Hall–Kier alpha value is -2.48. The molecule has 0 spiro atoms. The normalized spacial score (nSPS) is 16.4. The van der Waals surface area contributed by atoms with E-state index in [2.05, 4.69) is 15.3 Å². The third-order valence-corrected chi connectivity index (χ3v) is 4.98. The Morgan fingerprint density at radius 2 is 2.11 bits per heavy atom. The fraction of sp³-hybridized carbons (Fsp3) is 0.579. The van der Waals surface area contributed by atoms with E-state index in [1.54, 1.807) is 11.1 Å². The molecule has 2 amide bonds. The number of likely N-dealkylation sites (tertiary alicyclic amines) is 1. The highest BCUT2D eigenvalue weighted by molar-refractivity contribution is 5.80. The highest BCUT2D eigenvalue weighted by atomic mass is 16.5. The summed E-state index contributed by atoms with van der Waals surface area (Å²) in [6.45, 7) is 5.73. The Labute approximate surface area is 158 Å². The van der Waals surface area contributed by atoms with Gasteiger partial charge in [0.15, 0.2) is 0 Å². The summed E-state index contributed by atoms with van der Waals surface area (Å²) >= 11 is 0. The van der Waals surface area contributed by atoms with E-state index < -0.39 is 0 Å². The van der Waals surface area contributed by atoms with E-state index in [-0.39, 0.29) is 30.4 Å². The molecule has 0 unspecified atom stereocenters. The van der Waals surface area contributed by atoms with Crippen molar-refractivity contribution in [2.45, 2.75) is 39.2 Å². The van der Waals surface area contributed by atoms with Crippen LogP contribution >= 0.6 is 0 Å². The van der Waals surface area contributed by atoms with E-state index in [1.807, 2.05) is 36.7 Å². The third kappa shape index (κ3) is 4.63. The van der Waals surface area contributed by atoms with Crippen molar-refractivity contribution in [1.29, 1.82) is 0 Å². The van der Waals surface area contributed by atoms with Crippen LogP contribution in [-0.4, -0.2) is 57.4 Å². The molecule has 3 heterocycles. The molecule has 27 heavy (non-hydrogen) atoms. The van der Waals surface area contributed by atoms with Gasteiger partial charge in [-0.1, -0.05) is 6.92 Å². The van der Waals surface area contributed by atoms with E-state index in [0.29, 0.717) is 38.3 Å². The molecule has 0 radical (unpaired) electrons. The summed E-state index contributed by atoms with van der Waals surface area (Å²) in [5.74, 6) is 0.579. The number of piperidine rings is 1. The first-order chi connectivity index (χ1) is 13.1. The lowest BCUT2D eigenvalue weighted by Gasteiger charge is -2.32. The topological polar surface area (TPSA) is 88.8 Å². The molecule has 1 fully saturated rings. The van der Waals surface area contributed by atoms with Gasteiger partial charge in [-0.15, -0.1) is 0 Å². The second-order valence-corrected chi connectivity index (χ2v) is 6.75. The van der Waals surface area contributed by atoms with Gasteiger partial charge < -0.3 is 15.0 Å². The van der Waals surface area contributed by atoms with Gasteiger partial charge in [-0.05, 0) is 32.3 Å². The Kier molecular flexibility index (Phi) is 6.39. The monoisotopic (exact) mass is 373 g/mol. The fourth-order valence-electron chi connectivity index (χ4n) is 3.36. The van der Waals surface area contributed by atoms with Crippen molar-refractivity contribution in [3.05, 3.63) is 30.4 Å². The molecular weight excluding hydrogens is 346 g/mol. The Morgan fingerprint density at radius 3 is 2.78 bits per heavy atom. The van der Waals surface area contributed by atoms with E-state index in [0.717, 1.165) is 12.1 Å². The van der Waals surface area contributed by atoms with Crippen LogP contribution in [0.2, 0.25) is 0 Å². The minimum Gasteiger partial charge on any atom is -0.372 e. The lowest BCUT2D eigenvalue weighted by molar-refractivity contribution is -0.139. The van der Waals surface area contributed by atoms with Crippen LogP contribution in [0.4, 0.5) is 0 Å². The minimum atomic E-state index is -0.142. The van der Waals surface area contributed by atoms with Gasteiger partial charge in [0.2, 0.25) is 17.6 Å². The molecule has 8 heteroatoms. The summed E-state index contributed by atoms with van der Waals surface area (Å²) < 4.78 is 7.03. The van der Waals surface area contributed by atoms with E-state index in [1.165, 1.54) is 0 Å². The molecule has 0 aromatic carbocycles. The minimum absolute atomic E-state index is 0.000608. The predicted octanol–water partition coefficient (Wildman–Crippen LogP) is 1.57. The van der Waals surface area contributed by atoms with Gasteiger partial charge in [0.05, 0.1) is 11.7 Å². The zero-order chi connectivity index (χ0) is 19.2. The van der Waals surface area contributed by atoms with Crippen molar-refractivity contribution in [3.8, 4) is 0 Å². The van der Waals surface area contributed by atoms with Crippen molar-refractivity contribution in [2.75, 3.05) is 26.3 Å². The quantitative estimate of drug-likeness (QED) is 0.796. The number of nitrogens with one attached hydrogen (secondary N) is 1. The number of aromatic nitrogens is 3. The third-order valence-electron chi connectivity index (χ3n) is 4.98. The standard InChI is InChI=1S/C19H27N5O3/c1-3-15(16-12-24-9-5-8-20-19(24)22-16)21-18(26)14-6-10-23(11-7-14)17(25)13-27-4-2/h5,8-9,12,14-15H,3-4,6-7,10-11,13H2,1-2H3,(H,21,26)/t15-/m0/s1. The number of ether oxygens (including phenoxy) is 1. The molecular formula is C19H27N5O3. The molecule has 1 saturated heterocycles. The molecule has 0 saturated carbocycles. The first-order valence-electron chi connectivity index (χ1n) is 9.57. The smallest absolute Gasteiger partial charge is 0.248 e. The molecule has 0 bridgehead atoms. The Morgan fingerprint density at radius 1 is 1.33 bits per heavy atom. The number of amides is 2. The Bertz CT molecular complexity index is 749.